The van der Waals surface area contributed by atoms with Crippen LogP contribution in [0, 0.1) is 0 Å². The van der Waals surface area contributed by atoms with Gasteiger partial charge in [-0.15, -0.1) is 0 Å². The van der Waals surface area contributed by atoms with Crippen molar-refractivity contribution in [1.29, 1.82) is 0 Å². The average Bonchev–Trinajstić information content (AvgIpc) is 3.36. The largest absolute Gasteiger partial charge is 0.497 e. The number of piperazine rings is 1. The number of rotatable bonds is 6. The van der Waals surface area contributed by atoms with Crippen molar-refractivity contribution in [3.05, 3.63) is 65.7 Å². The summed E-state index contributed by atoms with van der Waals surface area (Å²) in [6.45, 7) is 3.62. The second-order valence-electron chi connectivity index (χ2n) is 8.99. The van der Waals surface area contributed by atoms with Gasteiger partial charge in [-0.1, -0.05) is 18.2 Å². The number of para-hydroxylation sites is 2. The zero-order valence-electron chi connectivity index (χ0n) is 20.6. The number of nitrogens with zero attached hydrogens (tertiary/aromatic N) is 4. The van der Waals surface area contributed by atoms with Gasteiger partial charge in [0, 0.05) is 57.3 Å². The molecule has 1 aromatic heterocycles. The zero-order valence-corrected chi connectivity index (χ0v) is 20.6. The Morgan fingerprint density at radius 1 is 0.943 bits per heavy atom. The molecular formula is C27H32N4O4. The number of fused-ring (bicyclic) bond motifs is 1. The van der Waals surface area contributed by atoms with E-state index in [-0.39, 0.29) is 5.91 Å². The van der Waals surface area contributed by atoms with E-state index in [1.54, 1.807) is 21.3 Å². The zero-order chi connectivity index (χ0) is 24.4. The predicted octanol–water partition coefficient (Wildman–Crippen LogP) is 3.60. The Balaban J connectivity index is 1.26. The van der Waals surface area contributed by atoms with E-state index in [1.807, 2.05) is 41.4 Å². The van der Waals surface area contributed by atoms with Gasteiger partial charge in [0.15, 0.2) is 0 Å². The highest BCUT2D eigenvalue weighted by atomic mass is 16.5. The van der Waals surface area contributed by atoms with Crippen LogP contribution in [0.3, 0.4) is 0 Å². The molecule has 0 radical (unpaired) electrons. The van der Waals surface area contributed by atoms with Crippen LogP contribution in [0.2, 0.25) is 0 Å². The van der Waals surface area contributed by atoms with Crippen molar-refractivity contribution in [2.24, 2.45) is 0 Å². The van der Waals surface area contributed by atoms with Crippen molar-refractivity contribution >= 4 is 11.6 Å². The summed E-state index contributed by atoms with van der Waals surface area (Å²) >= 11 is 0. The summed E-state index contributed by atoms with van der Waals surface area (Å²) in [7, 11) is 5.03. The van der Waals surface area contributed by atoms with Gasteiger partial charge in [-0.2, -0.15) is 0 Å². The highest BCUT2D eigenvalue weighted by Crippen LogP contribution is 2.36. The summed E-state index contributed by atoms with van der Waals surface area (Å²) in [5.74, 6) is 3.75. The maximum absolute atomic E-state index is 13.3. The Labute approximate surface area is 206 Å². The third kappa shape index (κ3) is 4.52. The fourth-order valence-corrected chi connectivity index (χ4v) is 5.16. The summed E-state index contributed by atoms with van der Waals surface area (Å²) < 4.78 is 18.6. The minimum atomic E-state index is 0.00477. The summed E-state index contributed by atoms with van der Waals surface area (Å²) in [6, 6.07) is 14.0. The van der Waals surface area contributed by atoms with Crippen molar-refractivity contribution in [2.45, 2.75) is 25.3 Å². The second-order valence-corrected chi connectivity index (χ2v) is 8.99. The Morgan fingerprint density at radius 3 is 2.46 bits per heavy atom. The number of methoxy groups -OCH3 is 3. The van der Waals surface area contributed by atoms with E-state index in [9.17, 15) is 4.79 Å². The lowest BCUT2D eigenvalue weighted by Crippen LogP contribution is -2.49. The van der Waals surface area contributed by atoms with Crippen LogP contribution in [-0.2, 0) is 13.0 Å². The molecule has 1 saturated heterocycles. The highest BCUT2D eigenvalue weighted by Gasteiger charge is 2.29. The third-order valence-electron chi connectivity index (χ3n) is 7.08. The molecule has 0 bridgehead atoms. The van der Waals surface area contributed by atoms with Crippen LogP contribution in [0.25, 0.3) is 0 Å². The number of benzene rings is 2. The Kier molecular flexibility index (Phi) is 6.53. The Bertz CT molecular complexity index is 1200. The number of amides is 1. The van der Waals surface area contributed by atoms with Gasteiger partial charge in [0.2, 0.25) is 0 Å². The van der Waals surface area contributed by atoms with Crippen LogP contribution in [0.4, 0.5) is 5.69 Å². The quantitative estimate of drug-likeness (QED) is 0.542. The molecule has 2 aliphatic heterocycles. The van der Waals surface area contributed by atoms with Gasteiger partial charge >= 0.3 is 0 Å². The smallest absolute Gasteiger partial charge is 0.274 e. The molecule has 5 rings (SSSR count). The molecule has 0 unspecified atom stereocenters. The molecule has 3 aromatic rings. The van der Waals surface area contributed by atoms with Crippen LogP contribution < -0.4 is 19.1 Å². The fraction of sp³-hybridized carbons (Fsp3) is 0.407. The van der Waals surface area contributed by atoms with Gasteiger partial charge in [-0.25, -0.2) is 4.98 Å². The van der Waals surface area contributed by atoms with Crippen molar-refractivity contribution in [3.63, 3.8) is 0 Å². The lowest BCUT2D eigenvalue weighted by molar-refractivity contribution is 0.0741. The fourth-order valence-electron chi connectivity index (χ4n) is 5.16. The van der Waals surface area contributed by atoms with Crippen molar-refractivity contribution in [3.8, 4) is 17.2 Å². The maximum atomic E-state index is 13.3. The molecule has 2 aliphatic rings. The Hall–Kier alpha value is -3.68. The number of aromatic nitrogens is 2. The third-order valence-corrected chi connectivity index (χ3v) is 7.08. The van der Waals surface area contributed by atoms with Gasteiger partial charge in [-0.3, -0.25) is 4.79 Å². The second kappa shape index (κ2) is 9.90. The molecule has 0 saturated carbocycles. The first-order chi connectivity index (χ1) is 17.1. The summed E-state index contributed by atoms with van der Waals surface area (Å²) in [5.41, 5.74) is 2.76. The lowest BCUT2D eigenvalue weighted by Gasteiger charge is -2.36. The standard InChI is InChI=1S/C27H32N4O4/c1-33-20-9-10-21(25(16-20)35-3)19-8-11-26-28-22(18-31(26)17-19)27(32)30-14-12-29(13-15-30)23-6-4-5-7-24(23)34-2/h4-7,9-10,16,18-19H,8,11-15,17H2,1-3H3/t19-/m1/s1. The molecule has 35 heavy (non-hydrogen) atoms. The highest BCUT2D eigenvalue weighted by molar-refractivity contribution is 5.92. The summed E-state index contributed by atoms with van der Waals surface area (Å²) in [5, 5.41) is 0. The molecular weight excluding hydrogens is 444 g/mol. The van der Waals surface area contributed by atoms with E-state index in [4.69, 9.17) is 19.2 Å². The molecule has 184 valence electrons. The number of carbonyl (C=O) groups is 1. The first-order valence-corrected chi connectivity index (χ1v) is 12.1. The van der Waals surface area contributed by atoms with Gasteiger partial charge in [0.05, 0.1) is 27.0 Å². The van der Waals surface area contributed by atoms with Gasteiger partial charge in [-0.05, 0) is 30.2 Å². The van der Waals surface area contributed by atoms with E-state index < -0.39 is 0 Å². The minimum Gasteiger partial charge on any atom is -0.497 e. The number of anilines is 1. The number of ether oxygens (including phenoxy) is 3. The van der Waals surface area contributed by atoms with E-state index in [0.29, 0.717) is 24.7 Å². The molecule has 1 fully saturated rings. The summed E-state index contributed by atoms with van der Waals surface area (Å²) in [6.07, 6.45) is 3.71. The number of carbonyl (C=O) groups excluding carboxylic acids is 1. The lowest BCUT2D eigenvalue weighted by atomic mass is 9.91. The van der Waals surface area contributed by atoms with Crippen molar-refractivity contribution in [1.82, 2.24) is 14.5 Å². The van der Waals surface area contributed by atoms with Gasteiger partial charge in [0.1, 0.15) is 28.8 Å². The Morgan fingerprint density at radius 2 is 1.71 bits per heavy atom. The molecule has 1 amide bonds. The molecule has 8 nitrogen and oxygen atoms in total. The average molecular weight is 477 g/mol. The maximum Gasteiger partial charge on any atom is 0.274 e. The molecule has 8 heteroatoms. The first-order valence-electron chi connectivity index (χ1n) is 12.1. The van der Waals surface area contributed by atoms with Crippen LogP contribution in [0.1, 0.15) is 34.2 Å². The predicted molar refractivity (Wildman–Crippen MR) is 134 cm³/mol. The monoisotopic (exact) mass is 476 g/mol. The summed E-state index contributed by atoms with van der Waals surface area (Å²) in [4.78, 5) is 22.2. The number of hydrogen-bond acceptors (Lipinski definition) is 6. The molecule has 0 aliphatic carbocycles. The van der Waals surface area contributed by atoms with E-state index >= 15 is 0 Å². The topological polar surface area (TPSA) is 69.1 Å². The number of hydrogen-bond donors (Lipinski definition) is 0. The molecule has 0 spiro atoms. The number of imidazole rings is 1. The van der Waals surface area contributed by atoms with Gasteiger partial charge in [0.25, 0.3) is 5.91 Å². The normalized spacial score (nSPS) is 17.6. The molecule has 1 atom stereocenters. The van der Waals surface area contributed by atoms with Crippen molar-refractivity contribution < 1.29 is 19.0 Å². The van der Waals surface area contributed by atoms with Gasteiger partial charge < -0.3 is 28.6 Å². The van der Waals surface area contributed by atoms with Crippen LogP contribution in [-0.4, -0.2) is 67.9 Å². The van der Waals surface area contributed by atoms with Crippen LogP contribution in [0.15, 0.2) is 48.7 Å². The molecule has 3 heterocycles. The van der Waals surface area contributed by atoms with Crippen LogP contribution >= 0.6 is 0 Å². The van der Waals surface area contributed by atoms with Crippen LogP contribution in [0.5, 0.6) is 17.2 Å². The minimum absolute atomic E-state index is 0.00477. The SMILES string of the molecule is COc1ccc([C@@H]2CCc3nc(C(=O)N4CCN(c5ccccc5OC)CC4)cn3C2)c(OC)c1. The van der Waals surface area contributed by atoms with E-state index in [2.05, 4.69) is 21.6 Å². The van der Waals surface area contributed by atoms with E-state index in [1.165, 1.54) is 0 Å². The molecule has 0 N–H and O–H groups in total. The van der Waals surface area contributed by atoms with E-state index in [0.717, 1.165) is 66.8 Å². The van der Waals surface area contributed by atoms with Crippen molar-refractivity contribution in [2.75, 3.05) is 52.4 Å². The molecule has 2 aromatic carbocycles. The first kappa shape index (κ1) is 23.1. The number of aryl methyl sites for hydroxylation is 1.